The van der Waals surface area contributed by atoms with Crippen molar-refractivity contribution in [1.29, 1.82) is 0 Å². The van der Waals surface area contributed by atoms with E-state index in [0.29, 0.717) is 18.5 Å². The minimum atomic E-state index is -0.803. The molecule has 122 valence electrons. The lowest BCUT2D eigenvalue weighted by Crippen LogP contribution is -2.48. The highest BCUT2D eigenvalue weighted by molar-refractivity contribution is 5.78. The Morgan fingerprint density at radius 3 is 2.39 bits per heavy atom. The fraction of sp³-hybridized carbons (Fsp3) is 0.526. The standard InChI is InChI=1S/C19H24N2O2/c22-18(23)21-13-11-20(12-14-21)17-4-2-1-3-16(17)15-5-7-19(8-6-15)9-10-19/h1-5H,6-14H2,(H,22,23). The molecule has 4 heteroatoms. The molecule has 0 aromatic heterocycles. The van der Waals surface area contributed by atoms with Gasteiger partial charge in [0.25, 0.3) is 0 Å². The molecule has 0 unspecified atom stereocenters. The van der Waals surface area contributed by atoms with Gasteiger partial charge in [-0.3, -0.25) is 0 Å². The highest BCUT2D eigenvalue weighted by Gasteiger charge is 2.42. The number of carbonyl (C=O) groups is 1. The van der Waals surface area contributed by atoms with Gasteiger partial charge in [0.2, 0.25) is 0 Å². The maximum Gasteiger partial charge on any atom is 0.407 e. The van der Waals surface area contributed by atoms with E-state index in [4.69, 9.17) is 5.11 Å². The van der Waals surface area contributed by atoms with Crippen LogP contribution in [0.4, 0.5) is 10.5 Å². The normalized spacial score (nSPS) is 22.9. The van der Waals surface area contributed by atoms with Gasteiger partial charge in [-0.25, -0.2) is 4.79 Å². The van der Waals surface area contributed by atoms with Crippen molar-refractivity contribution in [3.8, 4) is 0 Å². The lowest BCUT2D eigenvalue weighted by Gasteiger charge is -2.36. The molecule has 1 aromatic carbocycles. The molecule has 2 aliphatic carbocycles. The number of allylic oxidation sites excluding steroid dienone is 2. The second-order valence-corrected chi connectivity index (χ2v) is 7.21. The number of carboxylic acid groups (broad SMARTS) is 1. The van der Waals surface area contributed by atoms with Crippen LogP contribution in [0.3, 0.4) is 0 Å². The summed E-state index contributed by atoms with van der Waals surface area (Å²) in [7, 11) is 0. The Labute approximate surface area is 137 Å². The van der Waals surface area contributed by atoms with Crippen molar-refractivity contribution in [3.05, 3.63) is 35.9 Å². The summed E-state index contributed by atoms with van der Waals surface area (Å²) < 4.78 is 0. The van der Waals surface area contributed by atoms with Gasteiger partial charge in [0.15, 0.2) is 0 Å². The summed E-state index contributed by atoms with van der Waals surface area (Å²) >= 11 is 0. The molecule has 3 aliphatic rings. The zero-order valence-electron chi connectivity index (χ0n) is 13.5. The van der Waals surface area contributed by atoms with E-state index >= 15 is 0 Å². The maximum atomic E-state index is 11.1. The van der Waals surface area contributed by atoms with E-state index in [-0.39, 0.29) is 0 Å². The van der Waals surface area contributed by atoms with E-state index in [2.05, 4.69) is 35.2 Å². The van der Waals surface area contributed by atoms with Crippen molar-refractivity contribution >= 4 is 17.4 Å². The molecular formula is C19H24N2O2. The van der Waals surface area contributed by atoms with Crippen LogP contribution in [0.15, 0.2) is 30.3 Å². The lowest BCUT2D eigenvalue weighted by atomic mass is 9.84. The molecule has 1 aromatic rings. The topological polar surface area (TPSA) is 43.8 Å². The third-order valence-corrected chi connectivity index (χ3v) is 5.80. The van der Waals surface area contributed by atoms with Crippen LogP contribution in [-0.4, -0.2) is 42.3 Å². The van der Waals surface area contributed by atoms with E-state index in [1.807, 2.05) is 0 Å². The largest absolute Gasteiger partial charge is 0.465 e. The summed E-state index contributed by atoms with van der Waals surface area (Å²) in [5.41, 5.74) is 4.77. The first-order valence-electron chi connectivity index (χ1n) is 8.68. The summed E-state index contributed by atoms with van der Waals surface area (Å²) in [5.74, 6) is 0. The van der Waals surface area contributed by atoms with E-state index in [9.17, 15) is 4.79 Å². The molecule has 4 rings (SSSR count). The Balaban J connectivity index is 1.54. The molecular weight excluding hydrogens is 288 g/mol. The molecule has 0 bridgehead atoms. The number of piperazine rings is 1. The molecule has 1 amide bonds. The van der Waals surface area contributed by atoms with Crippen molar-refractivity contribution in [1.82, 2.24) is 4.90 Å². The number of hydrogen-bond acceptors (Lipinski definition) is 2. The van der Waals surface area contributed by atoms with Crippen LogP contribution in [0.2, 0.25) is 0 Å². The highest BCUT2D eigenvalue weighted by atomic mass is 16.4. The molecule has 0 atom stereocenters. The molecule has 2 fully saturated rings. The first-order valence-corrected chi connectivity index (χ1v) is 8.68. The second kappa shape index (κ2) is 5.59. The first-order chi connectivity index (χ1) is 11.2. The van der Waals surface area contributed by atoms with Crippen molar-refractivity contribution in [2.24, 2.45) is 5.41 Å². The number of benzene rings is 1. The Hall–Kier alpha value is -1.97. The van der Waals surface area contributed by atoms with Crippen LogP contribution >= 0.6 is 0 Å². The zero-order chi connectivity index (χ0) is 15.9. The number of nitrogens with zero attached hydrogens (tertiary/aromatic N) is 2. The maximum absolute atomic E-state index is 11.1. The van der Waals surface area contributed by atoms with E-state index in [1.54, 1.807) is 0 Å². The molecule has 1 spiro atoms. The Morgan fingerprint density at radius 2 is 1.78 bits per heavy atom. The minimum absolute atomic E-state index is 0.589. The third-order valence-electron chi connectivity index (χ3n) is 5.80. The zero-order valence-corrected chi connectivity index (χ0v) is 13.5. The smallest absolute Gasteiger partial charge is 0.407 e. The van der Waals surface area contributed by atoms with E-state index < -0.39 is 6.09 Å². The lowest BCUT2D eigenvalue weighted by molar-refractivity contribution is 0.142. The SMILES string of the molecule is O=C(O)N1CCN(c2ccccc2C2=CCC3(CC2)CC3)CC1. The summed E-state index contributed by atoms with van der Waals surface area (Å²) in [5, 5.41) is 9.11. The second-order valence-electron chi connectivity index (χ2n) is 7.21. The number of para-hydroxylation sites is 1. The monoisotopic (exact) mass is 312 g/mol. The Morgan fingerprint density at radius 1 is 1.04 bits per heavy atom. The average molecular weight is 312 g/mol. The fourth-order valence-electron chi connectivity index (χ4n) is 3.98. The third kappa shape index (κ3) is 2.82. The Bertz CT molecular complexity index is 641. The predicted molar refractivity (Wildman–Crippen MR) is 91.7 cm³/mol. The molecule has 1 saturated heterocycles. The summed E-state index contributed by atoms with van der Waals surface area (Å²) in [6, 6.07) is 8.63. The van der Waals surface area contributed by atoms with Crippen molar-refractivity contribution in [2.75, 3.05) is 31.1 Å². The van der Waals surface area contributed by atoms with Crippen LogP contribution in [-0.2, 0) is 0 Å². The van der Waals surface area contributed by atoms with Gasteiger partial charge in [-0.1, -0.05) is 24.3 Å². The molecule has 4 nitrogen and oxygen atoms in total. The van der Waals surface area contributed by atoms with Gasteiger partial charge < -0.3 is 14.9 Å². The van der Waals surface area contributed by atoms with Gasteiger partial charge in [-0.2, -0.15) is 0 Å². The van der Waals surface area contributed by atoms with Crippen LogP contribution in [0, 0.1) is 5.41 Å². The molecule has 0 radical (unpaired) electrons. The van der Waals surface area contributed by atoms with Gasteiger partial charge in [0.1, 0.15) is 0 Å². The average Bonchev–Trinajstić information content (AvgIpc) is 3.35. The molecule has 1 N–H and O–H groups in total. The highest BCUT2D eigenvalue weighted by Crippen LogP contribution is 2.56. The van der Waals surface area contributed by atoms with Gasteiger partial charge in [0, 0.05) is 37.4 Å². The molecule has 1 saturated carbocycles. The van der Waals surface area contributed by atoms with Gasteiger partial charge >= 0.3 is 6.09 Å². The summed E-state index contributed by atoms with van der Waals surface area (Å²) in [6.45, 7) is 2.73. The van der Waals surface area contributed by atoms with E-state index in [1.165, 1.54) is 53.8 Å². The van der Waals surface area contributed by atoms with Crippen LogP contribution in [0.1, 0.15) is 37.7 Å². The van der Waals surface area contributed by atoms with Crippen LogP contribution < -0.4 is 4.90 Å². The van der Waals surface area contributed by atoms with Crippen molar-refractivity contribution in [2.45, 2.75) is 32.1 Å². The quantitative estimate of drug-likeness (QED) is 0.902. The van der Waals surface area contributed by atoms with Crippen LogP contribution in [0.5, 0.6) is 0 Å². The van der Waals surface area contributed by atoms with Gasteiger partial charge in [-0.05, 0) is 49.2 Å². The molecule has 1 aliphatic heterocycles. The Kier molecular flexibility index (Phi) is 3.55. The van der Waals surface area contributed by atoms with Crippen LogP contribution in [0.25, 0.3) is 5.57 Å². The van der Waals surface area contributed by atoms with Gasteiger partial charge in [0.05, 0.1) is 0 Å². The number of hydrogen-bond donors (Lipinski definition) is 1. The first kappa shape index (κ1) is 14.6. The van der Waals surface area contributed by atoms with E-state index in [0.717, 1.165) is 13.1 Å². The van der Waals surface area contributed by atoms with Crippen molar-refractivity contribution in [3.63, 3.8) is 0 Å². The number of rotatable bonds is 2. The fourth-order valence-corrected chi connectivity index (χ4v) is 3.98. The molecule has 23 heavy (non-hydrogen) atoms. The number of amides is 1. The number of anilines is 1. The van der Waals surface area contributed by atoms with Gasteiger partial charge in [-0.15, -0.1) is 0 Å². The summed E-state index contributed by atoms with van der Waals surface area (Å²) in [4.78, 5) is 14.9. The summed E-state index contributed by atoms with van der Waals surface area (Å²) in [6.07, 6.45) is 8.24. The predicted octanol–water partition coefficient (Wildman–Crippen LogP) is 3.83. The van der Waals surface area contributed by atoms with Crippen molar-refractivity contribution < 1.29 is 9.90 Å². The molecule has 1 heterocycles. The minimum Gasteiger partial charge on any atom is -0.465 e.